The van der Waals surface area contributed by atoms with Crippen LogP contribution in [0, 0.1) is 12.8 Å². The van der Waals surface area contributed by atoms with E-state index in [1.54, 1.807) is 0 Å². The van der Waals surface area contributed by atoms with Gasteiger partial charge in [-0.15, -0.1) is 0 Å². The summed E-state index contributed by atoms with van der Waals surface area (Å²) >= 11 is 0. The maximum Gasteiger partial charge on any atom is 0.0391 e. The Bertz CT molecular complexity index is 369. The molecule has 1 aliphatic rings. The number of hydrogen-bond donors (Lipinski definition) is 1. The molecule has 0 amide bonds. The van der Waals surface area contributed by atoms with Crippen LogP contribution in [-0.2, 0) is 0 Å². The molecule has 2 unspecified atom stereocenters. The largest absolute Gasteiger partial charge is 0.319 e. The fourth-order valence-electron chi connectivity index (χ4n) is 3.17. The van der Waals surface area contributed by atoms with Crippen LogP contribution in [-0.4, -0.2) is 31.1 Å². The molecule has 2 heteroatoms. The zero-order chi connectivity index (χ0) is 13.1. The summed E-state index contributed by atoms with van der Waals surface area (Å²) in [5, 5.41) is 3.35. The minimum Gasteiger partial charge on any atom is -0.319 e. The number of nitrogens with zero attached hydrogens (tertiary/aromatic N) is 1. The van der Waals surface area contributed by atoms with Gasteiger partial charge in [0.05, 0.1) is 0 Å². The molecule has 0 saturated carbocycles. The van der Waals surface area contributed by atoms with Crippen molar-refractivity contribution >= 4 is 0 Å². The van der Waals surface area contributed by atoms with E-state index < -0.39 is 0 Å². The SMILES string of the molecule is CNCC1CCN(C(C)C)C1c1ccc(C)cc1. The summed E-state index contributed by atoms with van der Waals surface area (Å²) in [6, 6.07) is 10.3. The highest BCUT2D eigenvalue weighted by Crippen LogP contribution is 2.38. The Hall–Kier alpha value is -0.860. The van der Waals surface area contributed by atoms with Gasteiger partial charge in [0.2, 0.25) is 0 Å². The molecule has 18 heavy (non-hydrogen) atoms. The number of nitrogens with one attached hydrogen (secondary N) is 1. The maximum atomic E-state index is 3.35. The van der Waals surface area contributed by atoms with Crippen molar-refractivity contribution in [2.24, 2.45) is 5.92 Å². The number of aryl methyl sites for hydroxylation is 1. The summed E-state index contributed by atoms with van der Waals surface area (Å²) in [5.41, 5.74) is 2.82. The van der Waals surface area contributed by atoms with Crippen LogP contribution in [0.4, 0.5) is 0 Å². The smallest absolute Gasteiger partial charge is 0.0391 e. The van der Waals surface area contributed by atoms with Crippen molar-refractivity contribution < 1.29 is 0 Å². The molecule has 1 fully saturated rings. The van der Waals surface area contributed by atoms with Crippen LogP contribution < -0.4 is 5.32 Å². The predicted octanol–water partition coefficient (Wildman–Crippen LogP) is 2.99. The molecule has 1 N–H and O–H groups in total. The second-order valence-electron chi connectivity index (χ2n) is 5.79. The van der Waals surface area contributed by atoms with E-state index in [1.807, 2.05) is 0 Å². The number of benzene rings is 1. The quantitative estimate of drug-likeness (QED) is 0.878. The fraction of sp³-hybridized carbons (Fsp3) is 0.625. The monoisotopic (exact) mass is 246 g/mol. The highest BCUT2D eigenvalue weighted by atomic mass is 15.2. The lowest BCUT2D eigenvalue weighted by molar-refractivity contribution is 0.182. The van der Waals surface area contributed by atoms with Gasteiger partial charge in [0.25, 0.3) is 0 Å². The molecule has 0 spiro atoms. The van der Waals surface area contributed by atoms with Crippen molar-refractivity contribution in [3.8, 4) is 0 Å². The summed E-state index contributed by atoms with van der Waals surface area (Å²) in [7, 11) is 2.06. The Morgan fingerprint density at radius 2 is 1.94 bits per heavy atom. The van der Waals surface area contributed by atoms with Gasteiger partial charge in [0, 0.05) is 12.1 Å². The Kier molecular flexibility index (Phi) is 4.41. The van der Waals surface area contributed by atoms with E-state index in [2.05, 4.69) is 62.3 Å². The first-order valence-electron chi connectivity index (χ1n) is 7.10. The summed E-state index contributed by atoms with van der Waals surface area (Å²) in [5.74, 6) is 0.736. The van der Waals surface area contributed by atoms with Gasteiger partial charge in [-0.25, -0.2) is 0 Å². The van der Waals surface area contributed by atoms with Crippen molar-refractivity contribution in [2.75, 3.05) is 20.1 Å². The molecule has 2 nitrogen and oxygen atoms in total. The second-order valence-corrected chi connectivity index (χ2v) is 5.79. The average molecular weight is 246 g/mol. The van der Waals surface area contributed by atoms with E-state index >= 15 is 0 Å². The molecule has 1 aromatic carbocycles. The molecular weight excluding hydrogens is 220 g/mol. The Labute approximate surface area is 111 Å². The molecule has 1 aliphatic heterocycles. The highest BCUT2D eigenvalue weighted by molar-refractivity contribution is 5.26. The Balaban J connectivity index is 2.25. The number of hydrogen-bond acceptors (Lipinski definition) is 2. The third kappa shape index (κ3) is 2.76. The first-order chi connectivity index (χ1) is 8.63. The van der Waals surface area contributed by atoms with E-state index in [9.17, 15) is 0 Å². The molecule has 0 radical (unpaired) electrons. The molecular formula is C16H26N2. The normalized spacial score (nSPS) is 24.9. The molecule has 1 saturated heterocycles. The molecule has 100 valence electrons. The summed E-state index contributed by atoms with van der Waals surface area (Å²) < 4.78 is 0. The van der Waals surface area contributed by atoms with Gasteiger partial charge < -0.3 is 5.32 Å². The van der Waals surface area contributed by atoms with Crippen LogP contribution in [0.1, 0.15) is 37.4 Å². The van der Waals surface area contributed by atoms with Crippen LogP contribution in [0.5, 0.6) is 0 Å². The van der Waals surface area contributed by atoms with Crippen molar-refractivity contribution in [2.45, 2.75) is 39.3 Å². The van der Waals surface area contributed by atoms with Gasteiger partial charge in [-0.1, -0.05) is 29.8 Å². The van der Waals surface area contributed by atoms with Crippen LogP contribution in [0.25, 0.3) is 0 Å². The minimum absolute atomic E-state index is 0.582. The standard InChI is InChI=1S/C16H26N2/c1-12(2)18-10-9-15(11-17-4)16(18)14-7-5-13(3)6-8-14/h5-8,12,15-17H,9-11H2,1-4H3. The van der Waals surface area contributed by atoms with E-state index in [0.717, 1.165) is 12.5 Å². The lowest BCUT2D eigenvalue weighted by Crippen LogP contribution is -2.33. The van der Waals surface area contributed by atoms with Crippen molar-refractivity contribution in [3.63, 3.8) is 0 Å². The first-order valence-corrected chi connectivity index (χ1v) is 7.10. The van der Waals surface area contributed by atoms with Crippen LogP contribution >= 0.6 is 0 Å². The second kappa shape index (κ2) is 5.85. The Morgan fingerprint density at radius 3 is 2.50 bits per heavy atom. The van der Waals surface area contributed by atoms with Crippen LogP contribution in [0.3, 0.4) is 0 Å². The average Bonchev–Trinajstić information content (AvgIpc) is 2.75. The van der Waals surface area contributed by atoms with Crippen LogP contribution in [0.2, 0.25) is 0 Å². The Morgan fingerprint density at radius 1 is 1.28 bits per heavy atom. The molecule has 1 heterocycles. The fourth-order valence-corrected chi connectivity index (χ4v) is 3.17. The number of likely N-dealkylation sites (tertiary alicyclic amines) is 1. The lowest BCUT2D eigenvalue weighted by atomic mass is 9.92. The van der Waals surface area contributed by atoms with Crippen molar-refractivity contribution in [1.29, 1.82) is 0 Å². The maximum absolute atomic E-state index is 3.35. The summed E-state index contributed by atoms with van der Waals surface area (Å²) in [4.78, 5) is 2.65. The van der Waals surface area contributed by atoms with Gasteiger partial charge in [-0.05, 0) is 58.8 Å². The van der Waals surface area contributed by atoms with E-state index in [0.29, 0.717) is 12.1 Å². The van der Waals surface area contributed by atoms with Gasteiger partial charge in [0.15, 0.2) is 0 Å². The van der Waals surface area contributed by atoms with Gasteiger partial charge in [-0.2, -0.15) is 0 Å². The zero-order valence-corrected chi connectivity index (χ0v) is 12.1. The minimum atomic E-state index is 0.582. The predicted molar refractivity (Wildman–Crippen MR) is 77.8 cm³/mol. The third-order valence-electron chi connectivity index (χ3n) is 4.11. The highest BCUT2D eigenvalue weighted by Gasteiger charge is 2.35. The van der Waals surface area contributed by atoms with E-state index in [-0.39, 0.29) is 0 Å². The van der Waals surface area contributed by atoms with E-state index in [1.165, 1.54) is 24.1 Å². The molecule has 2 atom stereocenters. The first kappa shape index (κ1) is 13.6. The molecule has 0 aromatic heterocycles. The van der Waals surface area contributed by atoms with Crippen molar-refractivity contribution in [1.82, 2.24) is 10.2 Å². The van der Waals surface area contributed by atoms with Crippen LogP contribution in [0.15, 0.2) is 24.3 Å². The molecule has 2 rings (SSSR count). The number of rotatable bonds is 4. The van der Waals surface area contributed by atoms with Gasteiger partial charge in [0.1, 0.15) is 0 Å². The zero-order valence-electron chi connectivity index (χ0n) is 12.1. The summed E-state index contributed by atoms with van der Waals surface area (Å²) in [6.45, 7) is 9.11. The third-order valence-corrected chi connectivity index (χ3v) is 4.11. The van der Waals surface area contributed by atoms with E-state index in [4.69, 9.17) is 0 Å². The van der Waals surface area contributed by atoms with Gasteiger partial charge >= 0.3 is 0 Å². The summed E-state index contributed by atoms with van der Waals surface area (Å²) in [6.07, 6.45) is 1.30. The van der Waals surface area contributed by atoms with Gasteiger partial charge in [-0.3, -0.25) is 4.90 Å². The molecule has 1 aromatic rings. The van der Waals surface area contributed by atoms with Crippen molar-refractivity contribution in [3.05, 3.63) is 35.4 Å². The lowest BCUT2D eigenvalue weighted by Gasteiger charge is -2.31. The molecule has 0 aliphatic carbocycles. The molecule has 0 bridgehead atoms. The topological polar surface area (TPSA) is 15.3 Å².